The van der Waals surface area contributed by atoms with E-state index in [-0.39, 0.29) is 5.56 Å². The second-order valence-electron chi connectivity index (χ2n) is 2.10. The van der Waals surface area contributed by atoms with Crippen molar-refractivity contribution in [3.8, 4) is 0 Å². The van der Waals surface area contributed by atoms with E-state index in [1.807, 2.05) is 13.8 Å². The Morgan fingerprint density at radius 1 is 1.54 bits per heavy atom. The van der Waals surface area contributed by atoms with Gasteiger partial charge in [-0.25, -0.2) is 9.78 Å². The summed E-state index contributed by atoms with van der Waals surface area (Å²) >= 11 is 3.06. The van der Waals surface area contributed by atoms with Gasteiger partial charge >= 0.3 is 5.97 Å². The first-order chi connectivity index (χ1) is 6.13. The maximum atomic E-state index is 10.6. The molecule has 0 saturated heterocycles. The van der Waals surface area contributed by atoms with Crippen LogP contribution in [0.2, 0.25) is 0 Å². The summed E-state index contributed by atoms with van der Waals surface area (Å²) < 4.78 is 0.380. The molecule has 3 nitrogen and oxygen atoms in total. The molecule has 72 valence electrons. The molecule has 0 aliphatic carbocycles. The molecule has 1 heterocycles. The Morgan fingerprint density at radius 3 is 2.38 bits per heavy atom. The zero-order valence-corrected chi connectivity index (χ0v) is 9.42. The first kappa shape index (κ1) is 12.1. The predicted octanol–water partition coefficient (Wildman–Crippen LogP) is 2.88. The molecule has 0 radical (unpaired) electrons. The molecule has 0 aliphatic rings. The average molecular weight is 246 g/mol. The van der Waals surface area contributed by atoms with E-state index in [2.05, 4.69) is 20.9 Å². The molecular weight excluding hydrogens is 234 g/mol. The Bertz CT molecular complexity index is 279. The summed E-state index contributed by atoms with van der Waals surface area (Å²) in [7, 11) is 0. The maximum absolute atomic E-state index is 10.6. The van der Waals surface area contributed by atoms with Crippen molar-refractivity contribution in [3.63, 3.8) is 0 Å². The number of hydrogen-bond acceptors (Lipinski definition) is 2. The molecule has 0 spiro atoms. The largest absolute Gasteiger partial charge is 0.478 e. The molecule has 0 bridgehead atoms. The number of aromatic nitrogens is 1. The van der Waals surface area contributed by atoms with E-state index in [4.69, 9.17) is 5.11 Å². The van der Waals surface area contributed by atoms with Gasteiger partial charge in [0.2, 0.25) is 0 Å². The molecule has 0 aromatic carbocycles. The first-order valence-corrected chi connectivity index (χ1v) is 4.76. The van der Waals surface area contributed by atoms with Gasteiger partial charge in [-0.3, -0.25) is 0 Å². The van der Waals surface area contributed by atoms with Crippen LogP contribution in [0.25, 0.3) is 0 Å². The van der Waals surface area contributed by atoms with Gasteiger partial charge in [-0.05, 0) is 34.5 Å². The van der Waals surface area contributed by atoms with Crippen LogP contribution in [0, 0.1) is 6.92 Å². The molecule has 4 heteroatoms. The lowest BCUT2D eigenvalue weighted by Gasteiger charge is -2.00. The van der Waals surface area contributed by atoms with Gasteiger partial charge < -0.3 is 5.11 Å². The Hall–Kier alpha value is -0.900. The second-order valence-corrected chi connectivity index (χ2v) is 2.85. The molecule has 1 aromatic rings. The van der Waals surface area contributed by atoms with Gasteiger partial charge in [-0.2, -0.15) is 0 Å². The van der Waals surface area contributed by atoms with E-state index < -0.39 is 5.97 Å². The van der Waals surface area contributed by atoms with Crippen LogP contribution in [0.3, 0.4) is 0 Å². The maximum Gasteiger partial charge on any atom is 0.338 e. The third kappa shape index (κ3) is 3.14. The molecule has 0 aliphatic heterocycles. The van der Waals surface area contributed by atoms with Gasteiger partial charge in [0.15, 0.2) is 0 Å². The Balaban J connectivity index is 0.000000671. The van der Waals surface area contributed by atoms with E-state index in [0.29, 0.717) is 10.2 Å². The summed E-state index contributed by atoms with van der Waals surface area (Å²) in [4.78, 5) is 14.4. The molecule has 1 aromatic heterocycles. The number of aromatic carboxylic acids is 1. The summed E-state index contributed by atoms with van der Waals surface area (Å²) in [5, 5.41) is 8.68. The minimum absolute atomic E-state index is 0.229. The van der Waals surface area contributed by atoms with E-state index in [1.165, 1.54) is 0 Å². The standard InChI is InChI=1S/C7H6BrNO2.C2H6/c1-4-2-3-9-6(8)5(4)7(10)11;1-2/h2-3H,1H3,(H,10,11);1-2H3. The number of halogens is 1. The number of hydrogen-bond donors (Lipinski definition) is 1. The Labute approximate surface area is 85.9 Å². The summed E-state index contributed by atoms with van der Waals surface area (Å²) in [5.74, 6) is -0.956. The lowest BCUT2D eigenvalue weighted by Crippen LogP contribution is -2.01. The topological polar surface area (TPSA) is 50.2 Å². The molecule has 0 saturated carbocycles. The zero-order chi connectivity index (χ0) is 10.4. The highest BCUT2D eigenvalue weighted by molar-refractivity contribution is 9.10. The molecule has 0 amide bonds. The van der Waals surface area contributed by atoms with Crippen LogP contribution in [-0.4, -0.2) is 16.1 Å². The molecule has 0 atom stereocenters. The van der Waals surface area contributed by atoms with E-state index in [0.717, 1.165) is 0 Å². The molecule has 0 fully saturated rings. The van der Waals surface area contributed by atoms with Crippen LogP contribution in [-0.2, 0) is 0 Å². The Kier molecular flexibility index (Phi) is 5.30. The number of nitrogens with zero attached hydrogens (tertiary/aromatic N) is 1. The van der Waals surface area contributed by atoms with E-state index in [1.54, 1.807) is 19.2 Å². The zero-order valence-electron chi connectivity index (χ0n) is 7.84. The fourth-order valence-electron chi connectivity index (χ4n) is 0.782. The monoisotopic (exact) mass is 245 g/mol. The van der Waals surface area contributed by atoms with Crippen LogP contribution < -0.4 is 0 Å². The highest BCUT2D eigenvalue weighted by atomic mass is 79.9. The lowest BCUT2D eigenvalue weighted by atomic mass is 10.2. The van der Waals surface area contributed by atoms with Crippen LogP contribution in [0.1, 0.15) is 29.8 Å². The van der Waals surface area contributed by atoms with Crippen LogP contribution in [0.15, 0.2) is 16.9 Å². The van der Waals surface area contributed by atoms with E-state index in [9.17, 15) is 4.79 Å². The third-order valence-electron chi connectivity index (χ3n) is 1.33. The molecule has 1 rings (SSSR count). The average Bonchev–Trinajstić information content (AvgIpc) is 2.07. The number of carbonyl (C=O) groups is 1. The van der Waals surface area contributed by atoms with Gasteiger partial charge in [0, 0.05) is 6.20 Å². The Morgan fingerprint density at radius 2 is 2.08 bits per heavy atom. The third-order valence-corrected chi connectivity index (χ3v) is 1.93. The molecule has 1 N–H and O–H groups in total. The number of aryl methyl sites for hydroxylation is 1. The minimum Gasteiger partial charge on any atom is -0.478 e. The molecule has 13 heavy (non-hydrogen) atoms. The van der Waals surface area contributed by atoms with Crippen LogP contribution >= 0.6 is 15.9 Å². The van der Waals surface area contributed by atoms with Gasteiger partial charge in [0.25, 0.3) is 0 Å². The highest BCUT2D eigenvalue weighted by Gasteiger charge is 2.11. The van der Waals surface area contributed by atoms with Crippen LogP contribution in [0.4, 0.5) is 0 Å². The fraction of sp³-hybridized carbons (Fsp3) is 0.333. The number of carboxylic acids is 1. The highest BCUT2D eigenvalue weighted by Crippen LogP contribution is 2.16. The van der Waals surface area contributed by atoms with Crippen molar-refractivity contribution in [2.75, 3.05) is 0 Å². The fourth-order valence-corrected chi connectivity index (χ4v) is 1.38. The van der Waals surface area contributed by atoms with Crippen molar-refractivity contribution >= 4 is 21.9 Å². The normalized spacial score (nSPS) is 8.62. The van der Waals surface area contributed by atoms with Crippen molar-refractivity contribution in [3.05, 3.63) is 28.0 Å². The summed E-state index contributed by atoms with van der Waals surface area (Å²) in [6.07, 6.45) is 1.56. The first-order valence-electron chi connectivity index (χ1n) is 3.97. The van der Waals surface area contributed by atoms with Gasteiger partial charge in [0.1, 0.15) is 4.60 Å². The quantitative estimate of drug-likeness (QED) is 0.775. The van der Waals surface area contributed by atoms with Crippen molar-refractivity contribution in [2.24, 2.45) is 0 Å². The molecule has 0 unspecified atom stereocenters. The van der Waals surface area contributed by atoms with Crippen molar-refractivity contribution in [1.82, 2.24) is 4.98 Å². The lowest BCUT2D eigenvalue weighted by molar-refractivity contribution is 0.0694. The molecular formula is C9H12BrNO2. The van der Waals surface area contributed by atoms with Gasteiger partial charge in [-0.1, -0.05) is 13.8 Å². The van der Waals surface area contributed by atoms with Gasteiger partial charge in [0.05, 0.1) is 5.56 Å². The number of carboxylic acid groups (broad SMARTS) is 1. The summed E-state index contributed by atoms with van der Waals surface area (Å²) in [6.45, 7) is 5.73. The summed E-state index contributed by atoms with van der Waals surface area (Å²) in [5.41, 5.74) is 0.937. The minimum atomic E-state index is -0.956. The second kappa shape index (κ2) is 5.70. The van der Waals surface area contributed by atoms with Crippen LogP contribution in [0.5, 0.6) is 0 Å². The van der Waals surface area contributed by atoms with Crippen molar-refractivity contribution < 1.29 is 9.90 Å². The predicted molar refractivity (Wildman–Crippen MR) is 55.0 cm³/mol. The van der Waals surface area contributed by atoms with Crippen molar-refractivity contribution in [1.29, 1.82) is 0 Å². The SMILES string of the molecule is CC.Cc1ccnc(Br)c1C(=O)O. The number of rotatable bonds is 1. The number of pyridine rings is 1. The summed E-state index contributed by atoms with van der Waals surface area (Å²) in [6, 6.07) is 1.66. The van der Waals surface area contributed by atoms with Gasteiger partial charge in [-0.15, -0.1) is 0 Å². The smallest absolute Gasteiger partial charge is 0.338 e. The van der Waals surface area contributed by atoms with E-state index >= 15 is 0 Å². The van der Waals surface area contributed by atoms with Crippen molar-refractivity contribution in [2.45, 2.75) is 20.8 Å².